The highest BCUT2D eigenvalue weighted by Gasteiger charge is 2.15. The lowest BCUT2D eigenvalue weighted by molar-refractivity contribution is 0.550. The largest absolute Gasteiger partial charge is 0.440 e. The van der Waals surface area contributed by atoms with Crippen LogP contribution in [0.2, 0.25) is 10.0 Å². The Hall–Kier alpha value is -1.45. The molecule has 0 saturated carbocycles. The number of rotatable bonds is 3. The van der Waals surface area contributed by atoms with Gasteiger partial charge in [-0.25, -0.2) is 0 Å². The minimum absolute atomic E-state index is 0.499. The fourth-order valence-electron chi connectivity index (χ4n) is 2.22. The zero-order valence-electron chi connectivity index (χ0n) is 10.9. The average Bonchev–Trinajstić information content (AvgIpc) is 3.09. The maximum Gasteiger partial charge on any atom is 0.196 e. The molecule has 1 saturated heterocycles. The third kappa shape index (κ3) is 3.00. The van der Waals surface area contributed by atoms with E-state index in [1.54, 1.807) is 18.3 Å². The molecule has 1 aliphatic heterocycles. The minimum atomic E-state index is 0.499. The van der Waals surface area contributed by atoms with Crippen molar-refractivity contribution in [2.45, 2.75) is 12.8 Å². The monoisotopic (exact) mass is 308 g/mol. The van der Waals surface area contributed by atoms with Gasteiger partial charge in [-0.3, -0.25) is 4.99 Å². The van der Waals surface area contributed by atoms with Gasteiger partial charge in [-0.05, 0) is 37.1 Å². The highest BCUT2D eigenvalue weighted by atomic mass is 35.5. The van der Waals surface area contributed by atoms with Gasteiger partial charge in [0.15, 0.2) is 5.88 Å². The van der Waals surface area contributed by atoms with Gasteiger partial charge in [0, 0.05) is 19.2 Å². The van der Waals surface area contributed by atoms with Crippen molar-refractivity contribution >= 4 is 41.0 Å². The van der Waals surface area contributed by atoms with E-state index >= 15 is 0 Å². The predicted molar refractivity (Wildman–Crippen MR) is 83.9 cm³/mol. The molecule has 0 unspecified atom stereocenters. The summed E-state index contributed by atoms with van der Waals surface area (Å²) in [5.74, 6) is 1.65. The number of anilines is 1. The second-order valence-electron chi connectivity index (χ2n) is 4.73. The zero-order chi connectivity index (χ0) is 13.9. The van der Waals surface area contributed by atoms with Gasteiger partial charge in [0.2, 0.25) is 0 Å². The summed E-state index contributed by atoms with van der Waals surface area (Å²) in [4.78, 5) is 6.58. The Morgan fingerprint density at radius 3 is 2.60 bits per heavy atom. The Balaban J connectivity index is 1.73. The number of hydrogen-bond acceptors (Lipinski definition) is 3. The Bertz CT molecular complexity index is 631. The van der Waals surface area contributed by atoms with E-state index in [1.165, 1.54) is 12.8 Å². The maximum absolute atomic E-state index is 5.95. The van der Waals surface area contributed by atoms with Crippen molar-refractivity contribution in [3.8, 4) is 0 Å². The van der Waals surface area contributed by atoms with E-state index in [-0.39, 0.29) is 0 Å². The van der Waals surface area contributed by atoms with Gasteiger partial charge in [-0.2, -0.15) is 0 Å². The van der Waals surface area contributed by atoms with Gasteiger partial charge < -0.3 is 9.32 Å². The predicted octanol–water partition coefficient (Wildman–Crippen LogP) is 4.94. The van der Waals surface area contributed by atoms with Crippen molar-refractivity contribution in [1.82, 2.24) is 0 Å². The van der Waals surface area contributed by atoms with E-state index in [1.807, 2.05) is 18.2 Å². The van der Waals surface area contributed by atoms with E-state index < -0.39 is 0 Å². The summed E-state index contributed by atoms with van der Waals surface area (Å²) in [6.45, 7) is 2.13. The van der Waals surface area contributed by atoms with Crippen LogP contribution >= 0.6 is 23.2 Å². The molecule has 0 N–H and O–H groups in total. The van der Waals surface area contributed by atoms with Gasteiger partial charge in [-0.1, -0.05) is 23.2 Å². The Kier molecular flexibility index (Phi) is 3.99. The van der Waals surface area contributed by atoms with Crippen molar-refractivity contribution < 1.29 is 4.42 Å². The molecule has 0 spiro atoms. The van der Waals surface area contributed by atoms with Crippen LogP contribution in [0, 0.1) is 0 Å². The van der Waals surface area contributed by atoms with Crippen molar-refractivity contribution in [3.63, 3.8) is 0 Å². The molecule has 0 aliphatic carbocycles. The Labute approximate surface area is 127 Å². The van der Waals surface area contributed by atoms with Crippen molar-refractivity contribution in [1.29, 1.82) is 0 Å². The minimum Gasteiger partial charge on any atom is -0.440 e. The van der Waals surface area contributed by atoms with Gasteiger partial charge >= 0.3 is 0 Å². The van der Waals surface area contributed by atoms with E-state index in [0.717, 1.165) is 30.4 Å². The second-order valence-corrected chi connectivity index (χ2v) is 5.54. The molecule has 3 nitrogen and oxygen atoms in total. The molecule has 0 radical (unpaired) electrons. The van der Waals surface area contributed by atoms with Gasteiger partial charge in [0.05, 0.1) is 21.9 Å². The summed E-state index contributed by atoms with van der Waals surface area (Å²) in [5.41, 5.74) is 0.749. The fraction of sp³-hybridized carbons (Fsp3) is 0.267. The lowest BCUT2D eigenvalue weighted by atomic mass is 10.3. The smallest absolute Gasteiger partial charge is 0.196 e. The molecule has 0 bridgehead atoms. The van der Waals surface area contributed by atoms with Gasteiger partial charge in [-0.15, -0.1) is 0 Å². The Morgan fingerprint density at radius 1 is 1.05 bits per heavy atom. The summed E-state index contributed by atoms with van der Waals surface area (Å²) >= 11 is 11.8. The normalized spacial score (nSPS) is 15.4. The molecule has 2 aromatic rings. The number of furan rings is 1. The van der Waals surface area contributed by atoms with Crippen LogP contribution in [0.1, 0.15) is 18.6 Å². The molecule has 1 aliphatic rings. The van der Waals surface area contributed by atoms with E-state index in [4.69, 9.17) is 27.6 Å². The van der Waals surface area contributed by atoms with Crippen LogP contribution in [0.25, 0.3) is 0 Å². The van der Waals surface area contributed by atoms with Crippen LogP contribution in [0.3, 0.4) is 0 Å². The number of aliphatic imine (C=N–C) groups is 1. The molecule has 1 aromatic heterocycles. The molecule has 104 valence electrons. The van der Waals surface area contributed by atoms with Gasteiger partial charge in [0.25, 0.3) is 0 Å². The molecular weight excluding hydrogens is 295 g/mol. The molecule has 20 heavy (non-hydrogen) atoms. The molecule has 3 rings (SSSR count). The number of benzene rings is 1. The molecule has 0 amide bonds. The quantitative estimate of drug-likeness (QED) is 0.752. The van der Waals surface area contributed by atoms with Crippen molar-refractivity contribution in [3.05, 3.63) is 46.1 Å². The van der Waals surface area contributed by atoms with Crippen molar-refractivity contribution in [2.24, 2.45) is 4.99 Å². The molecule has 5 heteroatoms. The van der Waals surface area contributed by atoms with Crippen LogP contribution < -0.4 is 4.90 Å². The SMILES string of the molecule is Clc1ccc(N=Cc2ccc(N3CCCC3)o2)cc1Cl. The summed E-state index contributed by atoms with van der Waals surface area (Å²) in [5, 5.41) is 1.03. The third-order valence-electron chi connectivity index (χ3n) is 3.27. The van der Waals surface area contributed by atoms with E-state index in [2.05, 4.69) is 9.89 Å². The van der Waals surface area contributed by atoms with Crippen LogP contribution in [0.15, 0.2) is 39.7 Å². The summed E-state index contributed by atoms with van der Waals surface area (Å²) in [6, 6.07) is 9.18. The molecule has 0 atom stereocenters. The van der Waals surface area contributed by atoms with Crippen LogP contribution in [-0.2, 0) is 0 Å². The maximum atomic E-state index is 5.95. The first-order valence-electron chi connectivity index (χ1n) is 6.56. The van der Waals surface area contributed by atoms with Crippen LogP contribution in [0.5, 0.6) is 0 Å². The molecule has 1 aromatic carbocycles. The number of hydrogen-bond donors (Lipinski definition) is 0. The standard InChI is InChI=1S/C15H14Cl2N2O/c16-13-5-3-11(9-14(13)17)18-10-12-4-6-15(20-12)19-7-1-2-8-19/h3-6,9-10H,1-2,7-8H2. The topological polar surface area (TPSA) is 28.7 Å². The first-order chi connectivity index (χ1) is 9.72. The third-order valence-corrected chi connectivity index (χ3v) is 4.01. The molecular formula is C15H14Cl2N2O. The first kappa shape index (κ1) is 13.5. The van der Waals surface area contributed by atoms with E-state index in [9.17, 15) is 0 Å². The number of nitrogens with zero attached hydrogens (tertiary/aromatic N) is 2. The Morgan fingerprint density at radius 2 is 1.85 bits per heavy atom. The zero-order valence-corrected chi connectivity index (χ0v) is 12.4. The fourth-order valence-corrected chi connectivity index (χ4v) is 2.51. The number of halogens is 2. The average molecular weight is 309 g/mol. The first-order valence-corrected chi connectivity index (χ1v) is 7.32. The van der Waals surface area contributed by atoms with Crippen molar-refractivity contribution in [2.75, 3.05) is 18.0 Å². The summed E-state index contributed by atoms with van der Waals surface area (Å²) < 4.78 is 5.76. The summed E-state index contributed by atoms with van der Waals surface area (Å²) in [6.07, 6.45) is 4.15. The summed E-state index contributed by atoms with van der Waals surface area (Å²) in [7, 11) is 0. The molecule has 1 fully saturated rings. The van der Waals surface area contributed by atoms with Crippen LogP contribution in [0.4, 0.5) is 11.6 Å². The highest BCUT2D eigenvalue weighted by Crippen LogP contribution is 2.27. The molecule has 2 heterocycles. The second kappa shape index (κ2) is 5.90. The lowest BCUT2D eigenvalue weighted by Gasteiger charge is -2.12. The highest BCUT2D eigenvalue weighted by molar-refractivity contribution is 6.42. The van der Waals surface area contributed by atoms with Gasteiger partial charge in [0.1, 0.15) is 5.76 Å². The van der Waals surface area contributed by atoms with Crippen LogP contribution in [-0.4, -0.2) is 19.3 Å². The van der Waals surface area contributed by atoms with E-state index in [0.29, 0.717) is 10.0 Å². The lowest BCUT2D eigenvalue weighted by Crippen LogP contribution is -2.16.